The maximum Gasteiger partial charge on any atom is 0.118 e. The lowest BCUT2D eigenvalue weighted by atomic mass is 10.1. The molecule has 0 bridgehead atoms. The zero-order valence-electron chi connectivity index (χ0n) is 16.6. The molecule has 1 aromatic carbocycles. The molecule has 1 fully saturated rings. The lowest BCUT2D eigenvalue weighted by Gasteiger charge is -2.32. The Kier molecular flexibility index (Phi) is 5.41. The number of benzene rings is 1. The number of nitrogens with zero attached hydrogens (tertiary/aromatic N) is 4. The standard InChI is InChI=1S/C22H26N4O2/c1-16-18(13-23-25(16)2)14-26-11-12-28-22(15-26)21-6-4-5-20(24-21)17-7-9-19(27-3)10-8-17/h4-10,13,22H,11-12,14-15H2,1-3H3. The second-order valence-corrected chi connectivity index (χ2v) is 7.15. The third-order valence-electron chi connectivity index (χ3n) is 5.37. The van der Waals surface area contributed by atoms with Gasteiger partial charge in [-0.1, -0.05) is 6.07 Å². The van der Waals surface area contributed by atoms with Gasteiger partial charge in [0, 0.05) is 43.5 Å². The van der Waals surface area contributed by atoms with Gasteiger partial charge in [0.25, 0.3) is 0 Å². The molecule has 1 aliphatic rings. The summed E-state index contributed by atoms with van der Waals surface area (Å²) in [4.78, 5) is 7.29. The van der Waals surface area contributed by atoms with Crippen LogP contribution in [0.2, 0.25) is 0 Å². The average Bonchev–Trinajstić information content (AvgIpc) is 3.06. The van der Waals surface area contributed by atoms with Gasteiger partial charge in [0.2, 0.25) is 0 Å². The zero-order chi connectivity index (χ0) is 19.5. The molecule has 4 rings (SSSR count). The highest BCUT2D eigenvalue weighted by atomic mass is 16.5. The zero-order valence-corrected chi connectivity index (χ0v) is 16.6. The van der Waals surface area contributed by atoms with Gasteiger partial charge in [-0.2, -0.15) is 5.10 Å². The monoisotopic (exact) mass is 378 g/mol. The molecule has 1 saturated heterocycles. The van der Waals surface area contributed by atoms with E-state index < -0.39 is 0 Å². The van der Waals surface area contributed by atoms with Crippen LogP contribution in [0.5, 0.6) is 5.75 Å². The first-order chi connectivity index (χ1) is 13.6. The van der Waals surface area contributed by atoms with Crippen LogP contribution >= 0.6 is 0 Å². The molecule has 1 unspecified atom stereocenters. The first-order valence-electron chi connectivity index (χ1n) is 9.57. The minimum Gasteiger partial charge on any atom is -0.497 e. The van der Waals surface area contributed by atoms with Crippen molar-refractivity contribution in [2.75, 3.05) is 26.8 Å². The van der Waals surface area contributed by atoms with Gasteiger partial charge in [0.15, 0.2) is 0 Å². The van der Waals surface area contributed by atoms with Crippen LogP contribution in [-0.4, -0.2) is 46.5 Å². The smallest absolute Gasteiger partial charge is 0.118 e. The van der Waals surface area contributed by atoms with Crippen LogP contribution in [0.15, 0.2) is 48.7 Å². The molecule has 6 nitrogen and oxygen atoms in total. The van der Waals surface area contributed by atoms with Crippen LogP contribution < -0.4 is 4.74 Å². The molecule has 0 radical (unpaired) electrons. The van der Waals surface area contributed by atoms with Crippen LogP contribution in [-0.2, 0) is 18.3 Å². The molecular formula is C22H26N4O2. The summed E-state index contributed by atoms with van der Waals surface area (Å²) >= 11 is 0. The molecule has 2 aromatic heterocycles. The van der Waals surface area contributed by atoms with Crippen LogP contribution in [0.1, 0.15) is 23.1 Å². The van der Waals surface area contributed by atoms with Gasteiger partial charge in [-0.05, 0) is 43.3 Å². The maximum atomic E-state index is 6.05. The molecule has 1 atom stereocenters. The lowest BCUT2D eigenvalue weighted by Crippen LogP contribution is -2.38. The van der Waals surface area contributed by atoms with Gasteiger partial charge in [-0.3, -0.25) is 14.6 Å². The van der Waals surface area contributed by atoms with Crippen LogP contribution in [0, 0.1) is 6.92 Å². The van der Waals surface area contributed by atoms with Gasteiger partial charge in [-0.15, -0.1) is 0 Å². The topological polar surface area (TPSA) is 52.4 Å². The number of rotatable bonds is 5. The second kappa shape index (κ2) is 8.12. The maximum absolute atomic E-state index is 6.05. The minimum absolute atomic E-state index is 0.0241. The predicted molar refractivity (Wildman–Crippen MR) is 108 cm³/mol. The largest absolute Gasteiger partial charge is 0.497 e. The van der Waals surface area contributed by atoms with E-state index in [-0.39, 0.29) is 6.10 Å². The molecule has 0 N–H and O–H groups in total. The molecule has 28 heavy (non-hydrogen) atoms. The Morgan fingerprint density at radius 2 is 2.00 bits per heavy atom. The van der Waals surface area contributed by atoms with Crippen molar-refractivity contribution in [1.82, 2.24) is 19.7 Å². The highest BCUT2D eigenvalue weighted by molar-refractivity contribution is 5.60. The number of hydrogen-bond donors (Lipinski definition) is 0. The predicted octanol–water partition coefficient (Wildman–Crippen LogP) is 3.37. The molecule has 146 valence electrons. The van der Waals surface area contributed by atoms with E-state index in [0.717, 1.165) is 42.3 Å². The van der Waals surface area contributed by atoms with E-state index in [9.17, 15) is 0 Å². The van der Waals surface area contributed by atoms with Crippen molar-refractivity contribution < 1.29 is 9.47 Å². The minimum atomic E-state index is -0.0241. The van der Waals surface area contributed by atoms with E-state index in [4.69, 9.17) is 14.5 Å². The van der Waals surface area contributed by atoms with Crippen molar-refractivity contribution >= 4 is 0 Å². The van der Waals surface area contributed by atoms with Crippen molar-refractivity contribution in [2.45, 2.75) is 19.6 Å². The summed E-state index contributed by atoms with van der Waals surface area (Å²) < 4.78 is 13.2. The summed E-state index contributed by atoms with van der Waals surface area (Å²) in [6, 6.07) is 14.1. The molecule has 3 heterocycles. The van der Waals surface area contributed by atoms with Crippen molar-refractivity contribution in [3.8, 4) is 17.0 Å². The molecule has 0 saturated carbocycles. The number of aromatic nitrogens is 3. The van der Waals surface area contributed by atoms with Gasteiger partial charge in [0.05, 0.1) is 31.3 Å². The molecule has 0 amide bonds. The summed E-state index contributed by atoms with van der Waals surface area (Å²) in [6.45, 7) is 5.45. The Hall–Kier alpha value is -2.70. The fourth-order valence-electron chi connectivity index (χ4n) is 3.52. The van der Waals surface area contributed by atoms with E-state index in [0.29, 0.717) is 6.61 Å². The number of aryl methyl sites for hydroxylation is 1. The molecule has 6 heteroatoms. The number of pyridine rings is 1. The average molecular weight is 378 g/mol. The van der Waals surface area contributed by atoms with Crippen molar-refractivity contribution in [3.63, 3.8) is 0 Å². The number of methoxy groups -OCH3 is 1. The highest BCUT2D eigenvalue weighted by Gasteiger charge is 2.24. The summed E-state index contributed by atoms with van der Waals surface area (Å²) in [5.41, 5.74) is 5.47. The fraction of sp³-hybridized carbons (Fsp3) is 0.364. The van der Waals surface area contributed by atoms with Gasteiger partial charge < -0.3 is 9.47 Å². The van der Waals surface area contributed by atoms with Crippen LogP contribution in [0.4, 0.5) is 0 Å². The summed E-state index contributed by atoms with van der Waals surface area (Å²) in [5.74, 6) is 0.844. The van der Waals surface area contributed by atoms with E-state index in [1.54, 1.807) is 7.11 Å². The number of ether oxygens (including phenoxy) is 2. The molecule has 3 aromatic rings. The number of morpholine rings is 1. The quantitative estimate of drug-likeness (QED) is 0.681. The summed E-state index contributed by atoms with van der Waals surface area (Å²) in [5, 5.41) is 4.35. The molecular weight excluding hydrogens is 352 g/mol. The highest BCUT2D eigenvalue weighted by Crippen LogP contribution is 2.26. The first kappa shape index (κ1) is 18.7. The Labute approximate surface area is 165 Å². The van der Waals surface area contributed by atoms with E-state index in [1.807, 2.05) is 48.3 Å². The summed E-state index contributed by atoms with van der Waals surface area (Å²) in [7, 11) is 3.66. The Morgan fingerprint density at radius 3 is 2.71 bits per heavy atom. The fourth-order valence-corrected chi connectivity index (χ4v) is 3.52. The third-order valence-corrected chi connectivity index (χ3v) is 5.37. The van der Waals surface area contributed by atoms with Crippen molar-refractivity contribution in [2.24, 2.45) is 7.05 Å². The van der Waals surface area contributed by atoms with Gasteiger partial charge in [-0.25, -0.2) is 0 Å². The van der Waals surface area contributed by atoms with Gasteiger partial charge in [0.1, 0.15) is 11.9 Å². The first-order valence-corrected chi connectivity index (χ1v) is 9.57. The van der Waals surface area contributed by atoms with Gasteiger partial charge >= 0.3 is 0 Å². The van der Waals surface area contributed by atoms with E-state index >= 15 is 0 Å². The Balaban J connectivity index is 1.49. The molecule has 1 aliphatic heterocycles. The van der Waals surface area contributed by atoms with E-state index in [2.05, 4.69) is 29.1 Å². The third kappa shape index (κ3) is 3.93. The van der Waals surface area contributed by atoms with Crippen molar-refractivity contribution in [1.29, 1.82) is 0 Å². The normalized spacial score (nSPS) is 17.6. The summed E-state index contributed by atoms with van der Waals surface area (Å²) in [6.07, 6.45) is 1.94. The van der Waals surface area contributed by atoms with Crippen LogP contribution in [0.3, 0.4) is 0 Å². The SMILES string of the molecule is COc1ccc(-c2cccc(C3CN(Cc4cnn(C)c4C)CCO3)n2)cc1. The Morgan fingerprint density at radius 1 is 1.18 bits per heavy atom. The van der Waals surface area contributed by atoms with E-state index in [1.165, 1.54) is 11.3 Å². The molecule has 0 aliphatic carbocycles. The lowest BCUT2D eigenvalue weighted by molar-refractivity contribution is -0.0350. The Bertz CT molecular complexity index is 936. The number of hydrogen-bond acceptors (Lipinski definition) is 5. The van der Waals surface area contributed by atoms with Crippen LogP contribution in [0.25, 0.3) is 11.3 Å². The second-order valence-electron chi connectivity index (χ2n) is 7.15. The van der Waals surface area contributed by atoms with Crippen molar-refractivity contribution in [3.05, 3.63) is 65.6 Å². The molecule has 0 spiro atoms.